The van der Waals surface area contributed by atoms with Crippen molar-refractivity contribution in [2.45, 2.75) is 36.7 Å². The van der Waals surface area contributed by atoms with Crippen LogP contribution in [0.15, 0.2) is 37.1 Å². The van der Waals surface area contributed by atoms with Gasteiger partial charge in [-0.2, -0.15) is 0 Å². The van der Waals surface area contributed by atoms with E-state index in [0.717, 1.165) is 23.8 Å². The van der Waals surface area contributed by atoms with Gasteiger partial charge >= 0.3 is 5.63 Å². The van der Waals surface area contributed by atoms with Crippen LogP contribution in [0.1, 0.15) is 35.8 Å². The Hall–Kier alpha value is -2.28. The van der Waals surface area contributed by atoms with Crippen LogP contribution in [0.25, 0.3) is 11.0 Å². The van der Waals surface area contributed by atoms with Crippen LogP contribution in [-0.2, 0) is 5.75 Å². The molecule has 0 spiro atoms. The normalized spacial score (nSPS) is 14.5. The van der Waals surface area contributed by atoms with E-state index in [-0.39, 0.29) is 5.75 Å². The second-order valence-corrected chi connectivity index (χ2v) is 6.57. The van der Waals surface area contributed by atoms with E-state index in [1.165, 1.54) is 17.8 Å². The highest BCUT2D eigenvalue weighted by Crippen LogP contribution is 2.40. The Labute approximate surface area is 135 Å². The van der Waals surface area contributed by atoms with Gasteiger partial charge in [-0.1, -0.05) is 11.8 Å². The fraction of sp³-hybridized carbons (Fsp3) is 0.312. The lowest BCUT2D eigenvalue weighted by molar-refractivity contribution is 0.414. The van der Waals surface area contributed by atoms with Gasteiger partial charge in [0.05, 0.1) is 0 Å². The molecule has 2 heterocycles. The van der Waals surface area contributed by atoms with Crippen LogP contribution in [0.5, 0.6) is 5.75 Å². The lowest BCUT2D eigenvalue weighted by atomic mass is 10.1. The quantitative estimate of drug-likeness (QED) is 0.579. The average Bonchev–Trinajstić information content (AvgIpc) is 3.28. The molecule has 1 aliphatic carbocycles. The van der Waals surface area contributed by atoms with E-state index >= 15 is 0 Å². The smallest absolute Gasteiger partial charge is 0.336 e. The van der Waals surface area contributed by atoms with E-state index in [1.54, 1.807) is 19.1 Å². The molecule has 0 amide bonds. The zero-order valence-corrected chi connectivity index (χ0v) is 13.2. The second-order valence-electron chi connectivity index (χ2n) is 5.65. The molecule has 118 valence electrons. The standard InChI is InChI=1S/C16H14N2O4S/c1-8-12(19)5-4-11-10(6-13(20)21-14(8)11)7-23-16-18-17-15(22-16)9-2-3-9/h4-6,9,19H,2-3,7H2,1H3. The summed E-state index contributed by atoms with van der Waals surface area (Å²) < 4.78 is 10.8. The number of nitrogens with zero attached hydrogens (tertiary/aromatic N) is 2. The number of aromatic nitrogens is 2. The molecule has 23 heavy (non-hydrogen) atoms. The zero-order valence-electron chi connectivity index (χ0n) is 12.4. The van der Waals surface area contributed by atoms with Crippen molar-refractivity contribution in [3.63, 3.8) is 0 Å². The van der Waals surface area contributed by atoms with Gasteiger partial charge in [-0.15, -0.1) is 10.2 Å². The highest BCUT2D eigenvalue weighted by Gasteiger charge is 2.29. The summed E-state index contributed by atoms with van der Waals surface area (Å²) >= 11 is 1.39. The van der Waals surface area contributed by atoms with Gasteiger partial charge in [0.2, 0.25) is 5.89 Å². The van der Waals surface area contributed by atoms with Crippen molar-refractivity contribution in [2.75, 3.05) is 0 Å². The number of fused-ring (bicyclic) bond motifs is 1. The summed E-state index contributed by atoms with van der Waals surface area (Å²) in [7, 11) is 0. The third kappa shape index (κ3) is 2.72. The summed E-state index contributed by atoms with van der Waals surface area (Å²) in [5.74, 6) is 1.74. The molecule has 6 nitrogen and oxygen atoms in total. The molecule has 0 aliphatic heterocycles. The van der Waals surface area contributed by atoms with Crippen LogP contribution >= 0.6 is 11.8 Å². The van der Waals surface area contributed by atoms with Crippen LogP contribution in [0.2, 0.25) is 0 Å². The van der Waals surface area contributed by atoms with Crippen LogP contribution in [0, 0.1) is 6.92 Å². The Morgan fingerprint density at radius 1 is 1.30 bits per heavy atom. The Bertz CT molecular complexity index is 943. The fourth-order valence-corrected chi connectivity index (χ4v) is 3.21. The highest BCUT2D eigenvalue weighted by atomic mass is 32.2. The molecule has 0 bridgehead atoms. The Balaban J connectivity index is 1.65. The number of phenolic OH excluding ortho intramolecular Hbond substituents is 1. The lowest BCUT2D eigenvalue weighted by Gasteiger charge is -2.07. The second kappa shape index (κ2) is 5.42. The van der Waals surface area contributed by atoms with Crippen molar-refractivity contribution in [3.05, 3.63) is 45.6 Å². The minimum Gasteiger partial charge on any atom is -0.508 e. The first kappa shape index (κ1) is 14.3. The van der Waals surface area contributed by atoms with E-state index < -0.39 is 5.63 Å². The number of aryl methyl sites for hydroxylation is 1. The van der Waals surface area contributed by atoms with Crippen LogP contribution < -0.4 is 5.63 Å². The maximum Gasteiger partial charge on any atom is 0.336 e. The van der Waals surface area contributed by atoms with Gasteiger partial charge < -0.3 is 13.9 Å². The van der Waals surface area contributed by atoms with E-state index in [0.29, 0.717) is 33.9 Å². The van der Waals surface area contributed by atoms with Gasteiger partial charge in [0.25, 0.3) is 5.22 Å². The lowest BCUT2D eigenvalue weighted by Crippen LogP contribution is -2.01. The van der Waals surface area contributed by atoms with E-state index in [1.807, 2.05) is 0 Å². The summed E-state index contributed by atoms with van der Waals surface area (Å²) in [6.45, 7) is 1.72. The number of hydrogen-bond donors (Lipinski definition) is 1. The van der Waals surface area contributed by atoms with E-state index in [2.05, 4.69) is 10.2 Å². The van der Waals surface area contributed by atoms with Gasteiger partial charge in [-0.05, 0) is 37.5 Å². The van der Waals surface area contributed by atoms with Gasteiger partial charge in [0.1, 0.15) is 11.3 Å². The molecule has 1 saturated carbocycles. The molecular weight excluding hydrogens is 316 g/mol. The summed E-state index contributed by atoms with van der Waals surface area (Å²) in [6, 6.07) is 4.81. The number of rotatable bonds is 4. The molecular formula is C16H14N2O4S. The van der Waals surface area contributed by atoms with Gasteiger partial charge in [0, 0.05) is 28.7 Å². The molecule has 1 fully saturated rings. The molecule has 2 aromatic heterocycles. The summed E-state index contributed by atoms with van der Waals surface area (Å²) in [6.07, 6.45) is 2.22. The van der Waals surface area contributed by atoms with E-state index in [9.17, 15) is 9.90 Å². The maximum atomic E-state index is 11.8. The number of phenols is 1. The molecule has 3 aromatic rings. The number of benzene rings is 1. The topological polar surface area (TPSA) is 89.4 Å². The molecule has 0 unspecified atom stereocenters. The summed E-state index contributed by atoms with van der Waals surface area (Å²) in [5.41, 5.74) is 1.35. The van der Waals surface area contributed by atoms with Crippen molar-refractivity contribution in [3.8, 4) is 5.75 Å². The molecule has 1 N–H and O–H groups in total. The first-order chi connectivity index (χ1) is 11.1. The molecule has 0 saturated heterocycles. The molecule has 0 radical (unpaired) electrons. The molecule has 0 atom stereocenters. The number of thioether (sulfide) groups is 1. The SMILES string of the molecule is Cc1c(O)ccc2c(CSc3nnc(C4CC4)o3)cc(=O)oc12. The van der Waals surface area contributed by atoms with Gasteiger partial charge in [0.15, 0.2) is 0 Å². The third-order valence-electron chi connectivity index (χ3n) is 3.92. The number of aromatic hydroxyl groups is 1. The van der Waals surface area contributed by atoms with Crippen molar-refractivity contribution in [1.29, 1.82) is 0 Å². The van der Waals surface area contributed by atoms with E-state index in [4.69, 9.17) is 8.83 Å². The Kier molecular flexibility index (Phi) is 3.37. The molecule has 7 heteroatoms. The fourth-order valence-electron chi connectivity index (χ4n) is 2.45. The summed E-state index contributed by atoms with van der Waals surface area (Å²) in [4.78, 5) is 11.8. The maximum absolute atomic E-state index is 11.8. The highest BCUT2D eigenvalue weighted by molar-refractivity contribution is 7.98. The van der Waals surface area contributed by atoms with Crippen LogP contribution in [0.4, 0.5) is 0 Å². The molecule has 1 aliphatic rings. The van der Waals surface area contributed by atoms with Crippen molar-refractivity contribution in [2.24, 2.45) is 0 Å². The minimum absolute atomic E-state index is 0.108. The van der Waals surface area contributed by atoms with Crippen LogP contribution in [-0.4, -0.2) is 15.3 Å². The molecule has 4 rings (SSSR count). The van der Waals surface area contributed by atoms with Gasteiger partial charge in [-0.3, -0.25) is 0 Å². The predicted octanol–water partition coefficient (Wildman–Crippen LogP) is 3.36. The van der Waals surface area contributed by atoms with Gasteiger partial charge in [-0.25, -0.2) is 4.79 Å². The van der Waals surface area contributed by atoms with Crippen molar-refractivity contribution >= 4 is 22.7 Å². The van der Waals surface area contributed by atoms with Crippen molar-refractivity contribution in [1.82, 2.24) is 10.2 Å². The Morgan fingerprint density at radius 3 is 2.91 bits per heavy atom. The predicted molar refractivity (Wildman–Crippen MR) is 84.7 cm³/mol. The Morgan fingerprint density at radius 2 is 2.13 bits per heavy atom. The third-order valence-corrected chi connectivity index (χ3v) is 4.79. The zero-order chi connectivity index (χ0) is 16.0. The first-order valence-electron chi connectivity index (χ1n) is 7.33. The minimum atomic E-state index is -0.439. The molecule has 1 aromatic carbocycles. The largest absolute Gasteiger partial charge is 0.508 e. The first-order valence-corrected chi connectivity index (χ1v) is 8.32. The monoisotopic (exact) mass is 330 g/mol. The van der Waals surface area contributed by atoms with Crippen molar-refractivity contribution < 1.29 is 13.9 Å². The average molecular weight is 330 g/mol. The van der Waals surface area contributed by atoms with Crippen LogP contribution in [0.3, 0.4) is 0 Å². The summed E-state index contributed by atoms with van der Waals surface area (Å²) in [5, 5.41) is 19.1. The number of hydrogen-bond acceptors (Lipinski definition) is 7.